The van der Waals surface area contributed by atoms with Crippen molar-refractivity contribution in [2.75, 3.05) is 18.5 Å². The summed E-state index contributed by atoms with van der Waals surface area (Å²) in [6, 6.07) is 14.6. The Labute approximate surface area is 254 Å². The van der Waals surface area contributed by atoms with Gasteiger partial charge in [0.05, 0.1) is 23.6 Å². The van der Waals surface area contributed by atoms with Gasteiger partial charge < -0.3 is 15.0 Å². The summed E-state index contributed by atoms with van der Waals surface area (Å²) in [7, 11) is -3.87. The minimum absolute atomic E-state index is 0.0408. The van der Waals surface area contributed by atoms with Crippen molar-refractivity contribution >= 4 is 50.2 Å². The van der Waals surface area contributed by atoms with Gasteiger partial charge in [0.25, 0.3) is 11.8 Å². The number of sulfonamides is 1. The molecule has 1 aliphatic heterocycles. The van der Waals surface area contributed by atoms with Gasteiger partial charge in [-0.25, -0.2) is 13.2 Å². The topological polar surface area (TPSA) is 142 Å². The van der Waals surface area contributed by atoms with Gasteiger partial charge in [0.2, 0.25) is 15.9 Å². The van der Waals surface area contributed by atoms with Gasteiger partial charge in [-0.3, -0.25) is 19.7 Å². The molecular formula is C30H34N4O7S2. The van der Waals surface area contributed by atoms with E-state index in [0.29, 0.717) is 18.5 Å². The zero-order valence-electron chi connectivity index (χ0n) is 24.4. The van der Waals surface area contributed by atoms with Gasteiger partial charge >= 0.3 is 6.09 Å². The third-order valence-electron chi connectivity index (χ3n) is 6.93. The van der Waals surface area contributed by atoms with Crippen LogP contribution in [0.3, 0.4) is 0 Å². The Kier molecular flexibility index (Phi) is 9.99. The van der Waals surface area contributed by atoms with E-state index >= 15 is 0 Å². The molecule has 13 heteroatoms. The van der Waals surface area contributed by atoms with E-state index in [0.717, 1.165) is 21.8 Å². The van der Waals surface area contributed by atoms with Crippen LogP contribution in [0.2, 0.25) is 0 Å². The molecular weight excluding hydrogens is 592 g/mol. The summed E-state index contributed by atoms with van der Waals surface area (Å²) in [6.07, 6.45) is -0.542. The number of carbonyl (C=O) groups is 4. The maximum Gasteiger partial charge on any atom is 0.414 e. The van der Waals surface area contributed by atoms with Crippen LogP contribution in [-0.2, 0) is 39.1 Å². The lowest BCUT2D eigenvalue weighted by Crippen LogP contribution is -2.36. The molecule has 2 N–H and O–H groups in total. The van der Waals surface area contributed by atoms with Crippen LogP contribution in [0.4, 0.5) is 9.80 Å². The van der Waals surface area contributed by atoms with E-state index in [-0.39, 0.29) is 52.7 Å². The molecule has 11 nitrogen and oxygen atoms in total. The minimum Gasteiger partial charge on any atom is -0.450 e. The van der Waals surface area contributed by atoms with E-state index in [1.165, 1.54) is 35.5 Å². The summed E-state index contributed by atoms with van der Waals surface area (Å²) in [4.78, 5) is 52.7. The van der Waals surface area contributed by atoms with Gasteiger partial charge in [-0.1, -0.05) is 30.3 Å². The highest BCUT2D eigenvalue weighted by atomic mass is 32.2. The quantitative estimate of drug-likeness (QED) is 0.359. The molecule has 0 spiro atoms. The van der Waals surface area contributed by atoms with Crippen LogP contribution in [0.15, 0.2) is 59.5 Å². The standard InChI is InChI=1S/C30H34N4O7S2/c1-5-41-30(38)32-28(37)26-24-15-16-33(20(4)35)18-25(24)42-29(26)31-27(36)22-11-13-23(14-12-22)43(39,40)34(19(2)3)17-21-9-7-6-8-10-21/h6-14,19H,5,15-18H2,1-4H3,(H,31,36)(H,32,37,38). The van der Waals surface area contributed by atoms with Crippen molar-refractivity contribution in [3.63, 3.8) is 0 Å². The fourth-order valence-corrected chi connectivity index (χ4v) is 7.60. The van der Waals surface area contributed by atoms with E-state index < -0.39 is 27.9 Å². The molecule has 43 heavy (non-hydrogen) atoms. The number of carbonyl (C=O) groups excluding carboxylic acids is 4. The summed E-state index contributed by atoms with van der Waals surface area (Å²) < 4.78 is 33.2. The lowest BCUT2D eigenvalue weighted by Gasteiger charge is -2.26. The van der Waals surface area contributed by atoms with Gasteiger partial charge in [-0.2, -0.15) is 4.31 Å². The first-order valence-corrected chi connectivity index (χ1v) is 16.0. The third kappa shape index (κ3) is 7.29. The van der Waals surface area contributed by atoms with Crippen molar-refractivity contribution in [1.82, 2.24) is 14.5 Å². The lowest BCUT2D eigenvalue weighted by atomic mass is 10.0. The Balaban J connectivity index is 1.58. The van der Waals surface area contributed by atoms with Crippen molar-refractivity contribution < 1.29 is 32.3 Å². The SMILES string of the molecule is CCOC(=O)NC(=O)c1c(NC(=O)c2ccc(S(=O)(=O)N(Cc3ccccc3)C(C)C)cc2)sc2c1CCN(C(C)=O)C2. The number of fused-ring (bicyclic) bond motifs is 1. The fourth-order valence-electron chi connectivity index (χ4n) is 4.72. The molecule has 4 amide bonds. The van der Waals surface area contributed by atoms with Crippen molar-refractivity contribution in [2.45, 2.75) is 58.1 Å². The van der Waals surface area contributed by atoms with E-state index in [4.69, 9.17) is 4.74 Å². The number of hydrogen-bond acceptors (Lipinski definition) is 8. The number of benzene rings is 2. The smallest absolute Gasteiger partial charge is 0.414 e. The minimum atomic E-state index is -3.87. The van der Waals surface area contributed by atoms with Crippen LogP contribution in [0.25, 0.3) is 0 Å². The van der Waals surface area contributed by atoms with Gasteiger partial charge in [0, 0.05) is 36.5 Å². The molecule has 0 aliphatic carbocycles. The molecule has 0 atom stereocenters. The normalized spacial score (nSPS) is 13.0. The van der Waals surface area contributed by atoms with Gasteiger partial charge in [0.15, 0.2) is 0 Å². The van der Waals surface area contributed by atoms with Crippen LogP contribution in [-0.4, -0.2) is 60.6 Å². The van der Waals surface area contributed by atoms with Crippen LogP contribution in [0, 0.1) is 0 Å². The predicted octanol–water partition coefficient (Wildman–Crippen LogP) is 4.39. The molecule has 0 fully saturated rings. The number of imide groups is 1. The van der Waals surface area contributed by atoms with Crippen LogP contribution in [0.1, 0.15) is 64.4 Å². The fraction of sp³-hybridized carbons (Fsp3) is 0.333. The molecule has 3 aromatic rings. The summed E-state index contributed by atoms with van der Waals surface area (Å²) in [5.41, 5.74) is 1.81. The Morgan fingerprint density at radius 2 is 1.70 bits per heavy atom. The van der Waals surface area contributed by atoms with E-state index in [1.807, 2.05) is 30.3 Å². The van der Waals surface area contributed by atoms with Gasteiger partial charge in [-0.05, 0) is 62.6 Å². The van der Waals surface area contributed by atoms with Crippen molar-refractivity contribution in [3.05, 3.63) is 81.7 Å². The molecule has 0 saturated carbocycles. The largest absolute Gasteiger partial charge is 0.450 e. The molecule has 1 aromatic heterocycles. The molecule has 228 valence electrons. The van der Waals surface area contributed by atoms with Crippen molar-refractivity contribution in [2.24, 2.45) is 0 Å². The monoisotopic (exact) mass is 626 g/mol. The molecule has 0 saturated heterocycles. The van der Waals surface area contributed by atoms with Crippen LogP contribution < -0.4 is 10.6 Å². The van der Waals surface area contributed by atoms with Gasteiger partial charge in [-0.15, -0.1) is 11.3 Å². The molecule has 0 bridgehead atoms. The maximum absolute atomic E-state index is 13.5. The lowest BCUT2D eigenvalue weighted by molar-refractivity contribution is -0.129. The van der Waals surface area contributed by atoms with E-state index in [2.05, 4.69) is 10.6 Å². The molecule has 0 radical (unpaired) electrons. The average Bonchev–Trinajstić information content (AvgIpc) is 3.33. The summed E-state index contributed by atoms with van der Waals surface area (Å²) in [5.74, 6) is -1.41. The first-order valence-electron chi connectivity index (χ1n) is 13.8. The molecule has 2 heterocycles. The molecule has 2 aromatic carbocycles. The second kappa shape index (κ2) is 13.5. The number of alkyl carbamates (subject to hydrolysis) is 1. The maximum atomic E-state index is 13.5. The molecule has 0 unspecified atom stereocenters. The average molecular weight is 627 g/mol. The summed E-state index contributed by atoms with van der Waals surface area (Å²) in [6.45, 7) is 7.60. The number of hydrogen-bond donors (Lipinski definition) is 2. The highest BCUT2D eigenvalue weighted by molar-refractivity contribution is 7.89. The summed E-state index contributed by atoms with van der Waals surface area (Å²) >= 11 is 1.15. The van der Waals surface area contributed by atoms with Crippen molar-refractivity contribution in [1.29, 1.82) is 0 Å². The number of nitrogens with zero attached hydrogens (tertiary/aromatic N) is 2. The number of thiophene rings is 1. The zero-order chi connectivity index (χ0) is 31.3. The number of rotatable bonds is 9. The van der Waals surface area contributed by atoms with Crippen LogP contribution >= 0.6 is 11.3 Å². The Morgan fingerprint density at radius 3 is 2.30 bits per heavy atom. The second-order valence-electron chi connectivity index (χ2n) is 10.2. The van der Waals surface area contributed by atoms with Crippen molar-refractivity contribution in [3.8, 4) is 0 Å². The van der Waals surface area contributed by atoms with Crippen LogP contribution in [0.5, 0.6) is 0 Å². The predicted molar refractivity (Wildman–Crippen MR) is 162 cm³/mol. The zero-order valence-corrected chi connectivity index (χ0v) is 26.0. The molecule has 1 aliphatic rings. The Hall–Kier alpha value is -4.07. The van der Waals surface area contributed by atoms with E-state index in [1.54, 1.807) is 25.7 Å². The Morgan fingerprint density at radius 1 is 1.02 bits per heavy atom. The number of nitrogens with one attached hydrogen (secondary N) is 2. The highest BCUT2D eigenvalue weighted by Gasteiger charge is 2.31. The molecule has 4 rings (SSSR count). The number of ether oxygens (including phenoxy) is 1. The van der Waals surface area contributed by atoms with Gasteiger partial charge in [0.1, 0.15) is 5.00 Å². The summed E-state index contributed by atoms with van der Waals surface area (Å²) in [5, 5.41) is 5.15. The number of amides is 4. The second-order valence-corrected chi connectivity index (χ2v) is 13.2. The van der Waals surface area contributed by atoms with E-state index in [9.17, 15) is 27.6 Å². The first kappa shape index (κ1) is 31.9. The Bertz CT molecular complexity index is 1620. The highest BCUT2D eigenvalue weighted by Crippen LogP contribution is 2.37. The first-order chi connectivity index (χ1) is 20.4. The third-order valence-corrected chi connectivity index (χ3v) is 10.1. The number of anilines is 1.